The van der Waals surface area contributed by atoms with E-state index in [0.717, 1.165) is 0 Å². The van der Waals surface area contributed by atoms with Gasteiger partial charge in [0.25, 0.3) is 11.8 Å². The third-order valence-corrected chi connectivity index (χ3v) is 3.92. The molecule has 0 aliphatic carbocycles. The fourth-order valence-electron chi connectivity index (χ4n) is 2.38. The molecule has 144 valence electrons. The second-order valence-corrected chi connectivity index (χ2v) is 7.22. The number of anilines is 1. The molecule has 7 nitrogen and oxygen atoms in total. The maximum Gasteiger partial charge on any atom is 0.291 e. The van der Waals surface area contributed by atoms with E-state index in [2.05, 4.69) is 31.9 Å². The number of furan rings is 1. The van der Waals surface area contributed by atoms with E-state index < -0.39 is 5.91 Å². The van der Waals surface area contributed by atoms with Crippen molar-refractivity contribution in [3.63, 3.8) is 0 Å². The van der Waals surface area contributed by atoms with Crippen LogP contribution in [0.2, 0.25) is 0 Å². The van der Waals surface area contributed by atoms with E-state index in [1.807, 2.05) is 13.8 Å². The number of amides is 3. The first-order valence-electron chi connectivity index (χ1n) is 8.51. The van der Waals surface area contributed by atoms with Crippen molar-refractivity contribution < 1.29 is 18.8 Å². The van der Waals surface area contributed by atoms with Gasteiger partial charge in [0, 0.05) is 29.8 Å². The number of rotatable bonds is 7. The summed E-state index contributed by atoms with van der Waals surface area (Å²) in [6, 6.07) is 9.42. The van der Waals surface area contributed by atoms with Crippen LogP contribution in [0.15, 0.2) is 45.5 Å². The molecule has 0 fully saturated rings. The largest absolute Gasteiger partial charge is 0.444 e. The predicted molar refractivity (Wildman–Crippen MR) is 106 cm³/mol. The van der Waals surface area contributed by atoms with Crippen molar-refractivity contribution in [2.45, 2.75) is 39.3 Å². The lowest BCUT2D eigenvalue weighted by Gasteiger charge is -2.15. The fourth-order valence-corrected chi connectivity index (χ4v) is 2.69. The molecule has 1 atom stereocenters. The predicted octanol–water partition coefficient (Wildman–Crippen LogP) is 3.33. The van der Waals surface area contributed by atoms with E-state index >= 15 is 0 Å². The molecule has 0 spiro atoms. The van der Waals surface area contributed by atoms with E-state index in [0.29, 0.717) is 15.9 Å². The first-order valence-corrected chi connectivity index (χ1v) is 9.31. The molecule has 0 bridgehead atoms. The van der Waals surface area contributed by atoms with Crippen LogP contribution in [0.4, 0.5) is 5.69 Å². The summed E-state index contributed by atoms with van der Waals surface area (Å²) in [4.78, 5) is 36.3. The van der Waals surface area contributed by atoms with Crippen molar-refractivity contribution >= 4 is 39.3 Å². The number of carbonyl (C=O) groups excluding carboxylic acids is 3. The fraction of sp³-hybridized carbons (Fsp3) is 0.316. The summed E-state index contributed by atoms with van der Waals surface area (Å²) >= 11 is 3.14. The molecule has 1 heterocycles. The van der Waals surface area contributed by atoms with Gasteiger partial charge < -0.3 is 20.4 Å². The third kappa shape index (κ3) is 6.56. The highest BCUT2D eigenvalue weighted by molar-refractivity contribution is 9.10. The smallest absolute Gasteiger partial charge is 0.291 e. The van der Waals surface area contributed by atoms with Crippen LogP contribution < -0.4 is 16.0 Å². The van der Waals surface area contributed by atoms with Crippen molar-refractivity contribution in [3.05, 3.63) is 52.4 Å². The highest BCUT2D eigenvalue weighted by Gasteiger charge is 2.15. The molecule has 0 radical (unpaired) electrons. The summed E-state index contributed by atoms with van der Waals surface area (Å²) in [5.74, 6) is -0.710. The molecule has 3 amide bonds. The summed E-state index contributed by atoms with van der Waals surface area (Å²) < 4.78 is 5.65. The molecule has 1 aromatic heterocycles. The summed E-state index contributed by atoms with van der Waals surface area (Å²) in [7, 11) is 0. The number of hydrogen-bond acceptors (Lipinski definition) is 4. The maximum absolute atomic E-state index is 12.4. The number of halogens is 1. The first kappa shape index (κ1) is 20.7. The lowest BCUT2D eigenvalue weighted by molar-refractivity contribution is -0.121. The van der Waals surface area contributed by atoms with Gasteiger partial charge in [0.15, 0.2) is 10.4 Å². The summed E-state index contributed by atoms with van der Waals surface area (Å²) in [5.41, 5.74) is 0.843. The van der Waals surface area contributed by atoms with E-state index in [9.17, 15) is 14.4 Å². The SMILES string of the molecule is CC(C)NC(=O)CC(C)NC(=O)c1cccc(NC(=O)c2ccc(Br)o2)c1. The van der Waals surface area contributed by atoms with Gasteiger partial charge in [-0.1, -0.05) is 6.07 Å². The van der Waals surface area contributed by atoms with Gasteiger partial charge in [-0.05, 0) is 67.0 Å². The van der Waals surface area contributed by atoms with Crippen molar-refractivity contribution in [1.82, 2.24) is 10.6 Å². The number of hydrogen-bond donors (Lipinski definition) is 3. The van der Waals surface area contributed by atoms with Gasteiger partial charge in [-0.25, -0.2) is 0 Å². The maximum atomic E-state index is 12.4. The van der Waals surface area contributed by atoms with Gasteiger partial charge in [-0.3, -0.25) is 14.4 Å². The average Bonchev–Trinajstić information content (AvgIpc) is 3.00. The van der Waals surface area contributed by atoms with Crippen molar-refractivity contribution in [3.8, 4) is 0 Å². The van der Waals surface area contributed by atoms with E-state index in [1.165, 1.54) is 0 Å². The number of benzene rings is 1. The van der Waals surface area contributed by atoms with Crippen LogP contribution in [0, 0.1) is 0 Å². The molecule has 2 aromatic rings. The Labute approximate surface area is 166 Å². The standard InChI is InChI=1S/C19H22BrN3O4/c1-11(2)21-17(24)9-12(3)22-18(25)13-5-4-6-14(10-13)23-19(26)15-7-8-16(20)27-15/h4-8,10-12H,9H2,1-3H3,(H,21,24)(H,22,25)(H,23,26). The topological polar surface area (TPSA) is 100 Å². The Morgan fingerprint density at radius 3 is 2.41 bits per heavy atom. The van der Waals surface area contributed by atoms with Crippen LogP contribution in [0.25, 0.3) is 0 Å². The Morgan fingerprint density at radius 2 is 1.78 bits per heavy atom. The second-order valence-electron chi connectivity index (χ2n) is 6.44. The summed E-state index contributed by atoms with van der Waals surface area (Å²) in [6.07, 6.45) is 0.188. The van der Waals surface area contributed by atoms with E-state index in [4.69, 9.17) is 4.42 Å². The van der Waals surface area contributed by atoms with Crippen LogP contribution in [0.5, 0.6) is 0 Å². The first-order chi connectivity index (χ1) is 12.7. The normalized spacial score (nSPS) is 11.7. The molecule has 1 aromatic carbocycles. The minimum atomic E-state index is -0.419. The Morgan fingerprint density at radius 1 is 1.04 bits per heavy atom. The monoisotopic (exact) mass is 435 g/mol. The Balaban J connectivity index is 1.96. The van der Waals surface area contributed by atoms with Crippen molar-refractivity contribution in [2.75, 3.05) is 5.32 Å². The minimum Gasteiger partial charge on any atom is -0.444 e. The molecule has 0 saturated carbocycles. The van der Waals surface area contributed by atoms with Crippen LogP contribution >= 0.6 is 15.9 Å². The van der Waals surface area contributed by atoms with Crippen molar-refractivity contribution in [2.24, 2.45) is 0 Å². The Hall–Kier alpha value is -2.61. The lowest BCUT2D eigenvalue weighted by atomic mass is 10.1. The van der Waals surface area contributed by atoms with Gasteiger partial charge in [-0.15, -0.1) is 0 Å². The molecule has 27 heavy (non-hydrogen) atoms. The van der Waals surface area contributed by atoms with E-state index in [-0.39, 0.29) is 36.1 Å². The third-order valence-electron chi connectivity index (χ3n) is 3.50. The van der Waals surface area contributed by atoms with Gasteiger partial charge in [0.05, 0.1) is 0 Å². The molecule has 0 saturated heterocycles. The van der Waals surface area contributed by atoms with Gasteiger partial charge in [0.1, 0.15) is 0 Å². The highest BCUT2D eigenvalue weighted by atomic mass is 79.9. The molecule has 0 aliphatic rings. The van der Waals surface area contributed by atoms with Gasteiger partial charge >= 0.3 is 0 Å². The second kappa shape index (κ2) is 9.36. The van der Waals surface area contributed by atoms with Crippen LogP contribution in [-0.4, -0.2) is 29.8 Å². The average molecular weight is 436 g/mol. The van der Waals surface area contributed by atoms with Gasteiger partial charge in [-0.2, -0.15) is 0 Å². The molecular formula is C19H22BrN3O4. The summed E-state index contributed by atoms with van der Waals surface area (Å²) in [6.45, 7) is 5.52. The van der Waals surface area contributed by atoms with Crippen LogP contribution in [-0.2, 0) is 4.79 Å². The van der Waals surface area contributed by atoms with Crippen LogP contribution in [0.1, 0.15) is 48.1 Å². The minimum absolute atomic E-state index is 0.0514. The Kier molecular flexibility index (Phi) is 7.18. The zero-order valence-corrected chi connectivity index (χ0v) is 16.9. The zero-order valence-electron chi connectivity index (χ0n) is 15.3. The Bertz CT molecular complexity index is 832. The molecule has 3 N–H and O–H groups in total. The van der Waals surface area contributed by atoms with E-state index in [1.54, 1.807) is 43.3 Å². The summed E-state index contributed by atoms with van der Waals surface area (Å²) in [5, 5.41) is 8.24. The quantitative estimate of drug-likeness (QED) is 0.620. The van der Waals surface area contributed by atoms with Gasteiger partial charge in [0.2, 0.25) is 5.91 Å². The molecule has 0 aliphatic heterocycles. The lowest BCUT2D eigenvalue weighted by Crippen LogP contribution is -2.39. The molecule has 2 rings (SSSR count). The molecule has 1 unspecified atom stereocenters. The van der Waals surface area contributed by atoms with Crippen LogP contribution in [0.3, 0.4) is 0 Å². The highest BCUT2D eigenvalue weighted by Crippen LogP contribution is 2.17. The molecular weight excluding hydrogens is 414 g/mol. The molecule has 8 heteroatoms. The number of nitrogens with one attached hydrogen (secondary N) is 3. The van der Waals surface area contributed by atoms with Crippen molar-refractivity contribution in [1.29, 1.82) is 0 Å². The zero-order chi connectivity index (χ0) is 20.0. The number of carbonyl (C=O) groups is 3.